The Morgan fingerprint density at radius 1 is 1.00 bits per heavy atom. The predicted octanol–water partition coefficient (Wildman–Crippen LogP) is 7.45. The lowest BCUT2D eigenvalue weighted by molar-refractivity contribution is -0.123. The second-order valence-electron chi connectivity index (χ2n) is 6.66. The zero-order valence-corrected chi connectivity index (χ0v) is 18.7. The van der Waals surface area contributed by atoms with Gasteiger partial charge in [0.15, 0.2) is 0 Å². The average Bonchev–Trinajstić information content (AvgIpc) is 3.26. The third-order valence-corrected chi connectivity index (χ3v) is 6.31. The molecule has 3 aromatic rings. The van der Waals surface area contributed by atoms with Crippen LogP contribution in [0.15, 0.2) is 57.9 Å². The molecule has 30 heavy (non-hydrogen) atoms. The van der Waals surface area contributed by atoms with Crippen LogP contribution in [0.2, 0.25) is 15.1 Å². The molecule has 2 heterocycles. The Balaban J connectivity index is 1.56. The number of hydrogen-bond donors (Lipinski definition) is 0. The van der Waals surface area contributed by atoms with E-state index in [9.17, 15) is 9.59 Å². The van der Waals surface area contributed by atoms with E-state index in [1.807, 2.05) is 31.2 Å². The van der Waals surface area contributed by atoms with Crippen LogP contribution >= 0.6 is 46.6 Å². The second kappa shape index (κ2) is 8.52. The van der Waals surface area contributed by atoms with Crippen LogP contribution in [0.5, 0.6) is 0 Å². The van der Waals surface area contributed by atoms with Crippen molar-refractivity contribution in [1.29, 1.82) is 0 Å². The predicted molar refractivity (Wildman–Crippen MR) is 122 cm³/mol. The minimum atomic E-state index is -0.395. The standard InChI is InChI=1S/C22H14Cl3NO3S/c1-12-2-4-14(23)8-17(12)19-7-6-16(29-19)10-20-21(27)26(22(28)30-20)11-13-3-5-15(24)9-18(13)25/h2-10H,11H2,1H3/b20-10-. The highest BCUT2D eigenvalue weighted by molar-refractivity contribution is 8.18. The lowest BCUT2D eigenvalue weighted by Gasteiger charge is -2.13. The van der Waals surface area contributed by atoms with Crippen LogP contribution in [0.1, 0.15) is 16.9 Å². The molecular weight excluding hydrogens is 465 g/mol. The lowest BCUT2D eigenvalue weighted by Crippen LogP contribution is -2.27. The summed E-state index contributed by atoms with van der Waals surface area (Å²) in [6.07, 6.45) is 1.57. The van der Waals surface area contributed by atoms with Gasteiger partial charge in [-0.3, -0.25) is 14.5 Å². The van der Waals surface area contributed by atoms with E-state index in [-0.39, 0.29) is 16.7 Å². The summed E-state index contributed by atoms with van der Waals surface area (Å²) >= 11 is 19.0. The maximum Gasteiger partial charge on any atom is 0.293 e. The molecular formula is C22H14Cl3NO3S. The van der Waals surface area contributed by atoms with Crippen LogP contribution in [-0.2, 0) is 11.3 Å². The highest BCUT2D eigenvalue weighted by Crippen LogP contribution is 2.36. The summed E-state index contributed by atoms with van der Waals surface area (Å²) in [5, 5.41) is 1.13. The maximum absolute atomic E-state index is 12.8. The molecule has 4 rings (SSSR count). The number of halogens is 3. The van der Waals surface area contributed by atoms with E-state index < -0.39 is 5.91 Å². The van der Waals surface area contributed by atoms with E-state index in [1.165, 1.54) is 0 Å². The van der Waals surface area contributed by atoms with Gasteiger partial charge in [0.25, 0.3) is 11.1 Å². The number of aryl methyl sites for hydroxylation is 1. The molecule has 0 bridgehead atoms. The van der Waals surface area contributed by atoms with Gasteiger partial charge in [0.2, 0.25) is 0 Å². The van der Waals surface area contributed by atoms with Gasteiger partial charge in [0.1, 0.15) is 11.5 Å². The third-order valence-electron chi connectivity index (χ3n) is 4.58. The van der Waals surface area contributed by atoms with Crippen LogP contribution in [0, 0.1) is 6.92 Å². The molecule has 0 saturated carbocycles. The lowest BCUT2D eigenvalue weighted by atomic mass is 10.1. The van der Waals surface area contributed by atoms with E-state index in [4.69, 9.17) is 39.2 Å². The normalized spacial score (nSPS) is 15.5. The summed E-state index contributed by atoms with van der Waals surface area (Å²) in [4.78, 5) is 26.6. The summed E-state index contributed by atoms with van der Waals surface area (Å²) < 4.78 is 5.87. The van der Waals surface area contributed by atoms with Crippen molar-refractivity contribution in [1.82, 2.24) is 4.90 Å². The van der Waals surface area contributed by atoms with Gasteiger partial charge < -0.3 is 4.42 Å². The maximum atomic E-state index is 12.8. The number of carbonyl (C=O) groups is 2. The van der Waals surface area contributed by atoms with Gasteiger partial charge in [-0.2, -0.15) is 0 Å². The number of thioether (sulfide) groups is 1. The molecule has 1 aliphatic rings. The van der Waals surface area contributed by atoms with Crippen LogP contribution < -0.4 is 0 Å². The van der Waals surface area contributed by atoms with Gasteiger partial charge in [-0.15, -0.1) is 0 Å². The number of carbonyl (C=O) groups excluding carboxylic acids is 2. The zero-order chi connectivity index (χ0) is 21.4. The highest BCUT2D eigenvalue weighted by Gasteiger charge is 2.35. The second-order valence-corrected chi connectivity index (χ2v) is 8.94. The molecule has 0 atom stereocenters. The minimum absolute atomic E-state index is 0.0725. The molecule has 2 aromatic carbocycles. The molecule has 0 N–H and O–H groups in total. The first-order valence-corrected chi connectivity index (χ1v) is 10.8. The number of imide groups is 1. The summed E-state index contributed by atoms with van der Waals surface area (Å²) in [6, 6.07) is 14.0. The van der Waals surface area contributed by atoms with Crippen molar-refractivity contribution in [2.45, 2.75) is 13.5 Å². The van der Waals surface area contributed by atoms with Crippen molar-refractivity contribution in [2.24, 2.45) is 0 Å². The number of nitrogens with zero attached hydrogens (tertiary/aromatic N) is 1. The molecule has 4 nitrogen and oxygen atoms in total. The minimum Gasteiger partial charge on any atom is -0.457 e. The number of furan rings is 1. The van der Waals surface area contributed by atoms with Crippen molar-refractivity contribution in [3.63, 3.8) is 0 Å². The Morgan fingerprint density at radius 2 is 1.73 bits per heavy atom. The van der Waals surface area contributed by atoms with Crippen LogP contribution in [0.4, 0.5) is 4.79 Å². The molecule has 0 aliphatic carbocycles. The summed E-state index contributed by atoms with van der Waals surface area (Å²) in [5.74, 6) is 0.709. The Kier molecular flexibility index (Phi) is 5.98. The molecule has 2 amide bonds. The Morgan fingerprint density at radius 3 is 2.50 bits per heavy atom. The first-order valence-electron chi connectivity index (χ1n) is 8.87. The molecule has 1 fully saturated rings. The summed E-state index contributed by atoms with van der Waals surface area (Å²) in [7, 11) is 0. The largest absolute Gasteiger partial charge is 0.457 e. The number of benzene rings is 2. The van der Waals surface area contributed by atoms with E-state index in [0.717, 1.165) is 27.8 Å². The van der Waals surface area contributed by atoms with E-state index in [1.54, 1.807) is 30.3 Å². The van der Waals surface area contributed by atoms with E-state index in [2.05, 4.69) is 0 Å². The van der Waals surface area contributed by atoms with Crippen molar-refractivity contribution >= 4 is 63.8 Å². The topological polar surface area (TPSA) is 50.5 Å². The van der Waals surface area contributed by atoms with Gasteiger partial charge in [0, 0.05) is 26.7 Å². The van der Waals surface area contributed by atoms with Crippen molar-refractivity contribution < 1.29 is 14.0 Å². The van der Waals surface area contributed by atoms with Crippen molar-refractivity contribution in [3.05, 3.63) is 85.4 Å². The number of hydrogen-bond acceptors (Lipinski definition) is 4. The average molecular weight is 479 g/mol. The van der Waals surface area contributed by atoms with Gasteiger partial charge >= 0.3 is 0 Å². The fourth-order valence-electron chi connectivity index (χ4n) is 3.02. The van der Waals surface area contributed by atoms with Crippen LogP contribution in [0.25, 0.3) is 17.4 Å². The molecule has 0 spiro atoms. The smallest absolute Gasteiger partial charge is 0.293 e. The molecule has 152 valence electrons. The Hall–Kier alpha value is -2.18. The van der Waals surface area contributed by atoms with Gasteiger partial charge in [-0.25, -0.2) is 0 Å². The summed E-state index contributed by atoms with van der Waals surface area (Å²) in [6.45, 7) is 2.03. The monoisotopic (exact) mass is 477 g/mol. The summed E-state index contributed by atoms with van der Waals surface area (Å²) in [5.41, 5.74) is 2.52. The van der Waals surface area contributed by atoms with Crippen molar-refractivity contribution in [2.75, 3.05) is 0 Å². The zero-order valence-electron chi connectivity index (χ0n) is 15.6. The first kappa shape index (κ1) is 21.1. The van der Waals surface area contributed by atoms with Gasteiger partial charge in [-0.1, -0.05) is 46.9 Å². The molecule has 1 aromatic heterocycles. The molecule has 8 heteroatoms. The van der Waals surface area contributed by atoms with Gasteiger partial charge in [0.05, 0.1) is 11.4 Å². The van der Waals surface area contributed by atoms with Crippen LogP contribution in [0.3, 0.4) is 0 Å². The molecule has 1 aliphatic heterocycles. The fraction of sp³-hybridized carbons (Fsp3) is 0.0909. The fourth-order valence-corrected chi connectivity index (χ4v) is 4.48. The first-order chi connectivity index (χ1) is 14.3. The number of rotatable bonds is 4. The Bertz CT molecular complexity index is 1200. The van der Waals surface area contributed by atoms with E-state index in [0.29, 0.717) is 32.2 Å². The highest BCUT2D eigenvalue weighted by atomic mass is 35.5. The molecule has 0 unspecified atom stereocenters. The Labute approximate surface area is 192 Å². The van der Waals surface area contributed by atoms with E-state index >= 15 is 0 Å². The van der Waals surface area contributed by atoms with Crippen LogP contribution in [-0.4, -0.2) is 16.0 Å². The molecule has 0 radical (unpaired) electrons. The van der Waals surface area contributed by atoms with Gasteiger partial charge in [-0.05, 0) is 66.2 Å². The quantitative estimate of drug-likeness (QED) is 0.365. The number of amides is 2. The SMILES string of the molecule is Cc1ccc(Cl)cc1-c1ccc(/C=C2\SC(=O)N(Cc3ccc(Cl)cc3Cl)C2=O)o1. The molecule has 1 saturated heterocycles. The van der Waals surface area contributed by atoms with Crippen molar-refractivity contribution in [3.8, 4) is 11.3 Å². The third kappa shape index (κ3) is 4.30.